The Labute approximate surface area is 180 Å². The third kappa shape index (κ3) is 5.65. The molecule has 0 unspecified atom stereocenters. The van der Waals surface area contributed by atoms with Gasteiger partial charge < -0.3 is 5.11 Å². The average Bonchev–Trinajstić information content (AvgIpc) is 3.23. The Bertz CT molecular complexity index is 866. The van der Waals surface area contributed by atoms with Crippen molar-refractivity contribution >= 4 is 0 Å². The maximum absolute atomic E-state index is 12.8. The van der Waals surface area contributed by atoms with Crippen molar-refractivity contribution in [3.05, 3.63) is 59.3 Å². The number of hydrogen-bond donors (Lipinski definition) is 2. The van der Waals surface area contributed by atoms with E-state index in [0.717, 1.165) is 48.2 Å². The summed E-state index contributed by atoms with van der Waals surface area (Å²) in [4.78, 5) is 9.31. The van der Waals surface area contributed by atoms with Crippen molar-refractivity contribution in [2.75, 3.05) is 13.7 Å². The molecule has 1 aromatic heterocycles. The lowest BCUT2D eigenvalue weighted by molar-refractivity contribution is -0.137. The molecule has 0 bridgehead atoms. The molecule has 31 heavy (non-hydrogen) atoms. The van der Waals surface area contributed by atoms with Gasteiger partial charge in [-0.05, 0) is 61.3 Å². The number of nitrogens with one attached hydrogen (secondary N) is 1. The molecule has 0 saturated heterocycles. The summed E-state index contributed by atoms with van der Waals surface area (Å²) in [6.07, 6.45) is 2.66. The highest BCUT2D eigenvalue weighted by atomic mass is 19.4. The fourth-order valence-electron chi connectivity index (χ4n) is 4.39. The lowest BCUT2D eigenvalue weighted by Crippen LogP contribution is -2.38. The van der Waals surface area contributed by atoms with Crippen LogP contribution in [0.2, 0.25) is 0 Å². The van der Waals surface area contributed by atoms with Gasteiger partial charge in [0.15, 0.2) is 0 Å². The van der Waals surface area contributed by atoms with Gasteiger partial charge in [-0.1, -0.05) is 19.1 Å². The van der Waals surface area contributed by atoms with E-state index in [9.17, 15) is 18.3 Å². The highest BCUT2D eigenvalue weighted by molar-refractivity contribution is 5.27. The van der Waals surface area contributed by atoms with Crippen LogP contribution in [0.4, 0.5) is 13.2 Å². The third-order valence-corrected chi connectivity index (χ3v) is 6.19. The highest BCUT2D eigenvalue weighted by Gasteiger charge is 2.38. The van der Waals surface area contributed by atoms with E-state index in [1.807, 2.05) is 0 Å². The summed E-state index contributed by atoms with van der Waals surface area (Å²) in [7, 11) is 1.56. The SMILES string of the molecule is CONC1=C(Cn2cncn2)[C@H](CCc2ccc(C(F)(F)F)cc2)CC[C@@]1(C)CCO. The molecule has 1 aliphatic carbocycles. The Hall–Kier alpha value is -2.39. The zero-order valence-electron chi connectivity index (χ0n) is 17.8. The number of hydroxylamine groups is 1. The van der Waals surface area contributed by atoms with Crippen molar-refractivity contribution in [3.8, 4) is 0 Å². The van der Waals surface area contributed by atoms with Crippen molar-refractivity contribution < 1.29 is 23.1 Å². The third-order valence-electron chi connectivity index (χ3n) is 6.19. The lowest BCUT2D eigenvalue weighted by atomic mass is 9.68. The molecular weight excluding hydrogens is 409 g/mol. The molecule has 9 heteroatoms. The summed E-state index contributed by atoms with van der Waals surface area (Å²) >= 11 is 0. The van der Waals surface area contributed by atoms with Gasteiger partial charge in [-0.3, -0.25) is 10.3 Å². The van der Waals surface area contributed by atoms with Crippen molar-refractivity contribution in [1.29, 1.82) is 0 Å². The summed E-state index contributed by atoms with van der Waals surface area (Å²) in [6.45, 7) is 2.71. The van der Waals surface area contributed by atoms with Crippen LogP contribution < -0.4 is 5.48 Å². The fourth-order valence-corrected chi connectivity index (χ4v) is 4.39. The molecule has 2 atom stereocenters. The lowest BCUT2D eigenvalue weighted by Gasteiger charge is -2.41. The van der Waals surface area contributed by atoms with Gasteiger partial charge >= 0.3 is 6.18 Å². The van der Waals surface area contributed by atoms with Crippen LogP contribution in [0, 0.1) is 11.3 Å². The zero-order chi connectivity index (χ0) is 22.5. The largest absolute Gasteiger partial charge is 0.416 e. The van der Waals surface area contributed by atoms with Crippen LogP contribution in [0.25, 0.3) is 0 Å². The molecule has 1 aromatic carbocycles. The predicted molar refractivity (Wildman–Crippen MR) is 109 cm³/mol. The number of halogens is 3. The number of rotatable bonds is 9. The highest BCUT2D eigenvalue weighted by Crippen LogP contribution is 2.46. The second-order valence-electron chi connectivity index (χ2n) is 8.30. The zero-order valence-corrected chi connectivity index (χ0v) is 17.8. The smallest absolute Gasteiger partial charge is 0.396 e. The molecule has 1 heterocycles. The van der Waals surface area contributed by atoms with Crippen molar-refractivity contribution in [2.45, 2.75) is 51.7 Å². The number of aliphatic hydroxyl groups is 1. The number of aryl methyl sites for hydroxylation is 1. The van der Waals surface area contributed by atoms with Crippen LogP contribution in [0.15, 0.2) is 48.2 Å². The van der Waals surface area contributed by atoms with Gasteiger partial charge in [0.25, 0.3) is 0 Å². The van der Waals surface area contributed by atoms with E-state index in [0.29, 0.717) is 19.4 Å². The minimum Gasteiger partial charge on any atom is -0.396 e. The number of allylic oxidation sites excluding steroid dienone is 2. The van der Waals surface area contributed by atoms with Crippen LogP contribution in [-0.2, 0) is 24.0 Å². The summed E-state index contributed by atoms with van der Waals surface area (Å²) in [5.41, 5.74) is 5.11. The van der Waals surface area contributed by atoms with E-state index in [1.165, 1.54) is 6.33 Å². The molecule has 0 radical (unpaired) electrons. The molecule has 0 aliphatic heterocycles. The van der Waals surface area contributed by atoms with E-state index >= 15 is 0 Å². The van der Waals surface area contributed by atoms with E-state index in [-0.39, 0.29) is 17.9 Å². The number of benzene rings is 1. The van der Waals surface area contributed by atoms with E-state index in [2.05, 4.69) is 22.5 Å². The Morgan fingerprint density at radius 2 is 2.03 bits per heavy atom. The maximum atomic E-state index is 12.8. The van der Waals surface area contributed by atoms with Crippen molar-refractivity contribution in [2.24, 2.45) is 11.3 Å². The first kappa shape index (κ1) is 23.3. The van der Waals surface area contributed by atoms with Gasteiger partial charge in [-0.25, -0.2) is 9.67 Å². The Morgan fingerprint density at radius 3 is 2.61 bits per heavy atom. The number of alkyl halides is 3. The molecule has 0 fully saturated rings. The average molecular weight is 438 g/mol. The Balaban J connectivity index is 1.84. The molecule has 0 amide bonds. The van der Waals surface area contributed by atoms with Crippen LogP contribution in [0.3, 0.4) is 0 Å². The topological polar surface area (TPSA) is 72.2 Å². The Morgan fingerprint density at radius 1 is 1.29 bits per heavy atom. The number of aromatic nitrogens is 3. The molecule has 3 rings (SSSR count). The van der Waals surface area contributed by atoms with Crippen molar-refractivity contribution in [1.82, 2.24) is 20.2 Å². The van der Waals surface area contributed by atoms with Crippen LogP contribution in [0.5, 0.6) is 0 Å². The molecule has 0 spiro atoms. The minimum absolute atomic E-state index is 0.0677. The minimum atomic E-state index is -4.33. The van der Waals surface area contributed by atoms with Crippen LogP contribution in [-0.4, -0.2) is 33.6 Å². The molecule has 2 aromatic rings. The van der Waals surface area contributed by atoms with Gasteiger partial charge in [0.1, 0.15) is 12.7 Å². The quantitative estimate of drug-likeness (QED) is 0.576. The number of hydrogen-bond acceptors (Lipinski definition) is 5. The van der Waals surface area contributed by atoms with Gasteiger partial charge in [-0.2, -0.15) is 18.3 Å². The van der Waals surface area contributed by atoms with Gasteiger partial charge in [0.2, 0.25) is 0 Å². The first-order valence-corrected chi connectivity index (χ1v) is 10.4. The maximum Gasteiger partial charge on any atom is 0.416 e. The second kappa shape index (κ2) is 9.82. The first-order valence-electron chi connectivity index (χ1n) is 10.4. The molecule has 2 N–H and O–H groups in total. The molecule has 0 saturated carbocycles. The number of aliphatic hydroxyl groups excluding tert-OH is 1. The van der Waals surface area contributed by atoms with Gasteiger partial charge in [-0.15, -0.1) is 0 Å². The predicted octanol–water partition coefficient (Wildman–Crippen LogP) is 4.13. The normalized spacial score (nSPS) is 22.1. The van der Waals surface area contributed by atoms with E-state index in [4.69, 9.17) is 4.84 Å². The summed E-state index contributed by atoms with van der Waals surface area (Å²) in [5.74, 6) is 0.205. The van der Waals surface area contributed by atoms with Gasteiger partial charge in [0, 0.05) is 17.7 Å². The van der Waals surface area contributed by atoms with Crippen LogP contribution in [0.1, 0.15) is 43.7 Å². The summed E-state index contributed by atoms with van der Waals surface area (Å²) in [6, 6.07) is 5.38. The number of nitrogens with zero attached hydrogens (tertiary/aromatic N) is 3. The molecule has 6 nitrogen and oxygen atoms in total. The molecular formula is C22H29F3N4O2. The monoisotopic (exact) mass is 438 g/mol. The van der Waals surface area contributed by atoms with Crippen molar-refractivity contribution in [3.63, 3.8) is 0 Å². The van der Waals surface area contributed by atoms with E-state index < -0.39 is 11.7 Å². The second-order valence-corrected chi connectivity index (χ2v) is 8.30. The standard InChI is InChI=1S/C22H29F3N4O2/c1-21(11-12-30)10-9-17(6-3-16-4-7-18(8-5-16)22(23,24)25)19(20(21)28-31-2)13-29-15-26-14-27-29/h4-5,7-8,14-15,17,28,30H,3,6,9-13H2,1-2H3/t17-,21+/m1/s1. The summed E-state index contributed by atoms with van der Waals surface area (Å²) < 4.78 is 40.2. The first-order chi connectivity index (χ1) is 14.8. The fraction of sp³-hybridized carbons (Fsp3) is 0.545. The summed E-state index contributed by atoms with van der Waals surface area (Å²) in [5, 5.41) is 13.8. The Kier molecular flexibility index (Phi) is 7.38. The van der Waals surface area contributed by atoms with Gasteiger partial charge in [0.05, 0.1) is 19.2 Å². The molecule has 1 aliphatic rings. The van der Waals surface area contributed by atoms with E-state index in [1.54, 1.807) is 30.3 Å². The molecule has 170 valence electrons. The van der Waals surface area contributed by atoms with Crippen LogP contribution >= 0.6 is 0 Å².